The molecule has 0 aliphatic rings. The molecule has 0 rings (SSSR count). The monoisotopic (exact) mass is 822 g/mol. The van der Waals surface area contributed by atoms with Gasteiger partial charge < -0.3 is 20.1 Å². The Bertz CT molecular complexity index is 1120. The van der Waals surface area contributed by atoms with Gasteiger partial charge in [-0.25, -0.2) is 4.57 Å². The predicted octanol–water partition coefficient (Wildman–Crippen LogP) is 12.9. The fourth-order valence-corrected chi connectivity index (χ4v) is 6.77. The summed E-state index contributed by atoms with van der Waals surface area (Å²) in [6, 6.07) is 0. The Labute approximate surface area is 348 Å². The molecule has 9 nitrogen and oxygen atoms in total. The van der Waals surface area contributed by atoms with E-state index in [4.69, 9.17) is 13.8 Å². The minimum atomic E-state index is -4.43. The minimum absolute atomic E-state index is 0.0639. The number of ether oxygens (including phenoxy) is 1. The van der Waals surface area contributed by atoms with Crippen LogP contribution < -0.4 is 5.32 Å². The van der Waals surface area contributed by atoms with Crippen LogP contribution in [0.25, 0.3) is 0 Å². The van der Waals surface area contributed by atoms with Crippen LogP contribution in [0, 0.1) is 0 Å². The number of carbonyl (C=O) groups is 2. The first-order valence-electron chi connectivity index (χ1n) is 22.8. The summed E-state index contributed by atoms with van der Waals surface area (Å²) in [6.45, 7) is 3.38. The van der Waals surface area contributed by atoms with Crippen molar-refractivity contribution < 1.29 is 37.9 Å². The van der Waals surface area contributed by atoms with Gasteiger partial charge in [0.2, 0.25) is 5.91 Å². The van der Waals surface area contributed by atoms with Crippen molar-refractivity contribution in [1.29, 1.82) is 0 Å². The smallest absolute Gasteiger partial charge is 0.463 e. The quantitative estimate of drug-likeness (QED) is 0.0240. The molecule has 0 fully saturated rings. The Morgan fingerprint density at radius 2 is 1.00 bits per heavy atom. The molecule has 0 bridgehead atoms. The lowest BCUT2D eigenvalue weighted by Crippen LogP contribution is -2.27. The molecule has 0 saturated heterocycles. The molecule has 0 aromatic carbocycles. The molecule has 3 N–H and O–H groups in total. The third kappa shape index (κ3) is 44.7. The highest BCUT2D eigenvalue weighted by atomic mass is 31.2. The molecule has 0 heterocycles. The van der Waals surface area contributed by atoms with Crippen molar-refractivity contribution in [1.82, 2.24) is 5.32 Å². The Hall–Kier alpha value is -2.29. The fourth-order valence-electron chi connectivity index (χ4n) is 6.01. The largest absolute Gasteiger partial charge is 0.472 e. The van der Waals surface area contributed by atoms with Gasteiger partial charge in [-0.2, -0.15) is 0 Å². The van der Waals surface area contributed by atoms with Gasteiger partial charge in [0.05, 0.1) is 13.2 Å². The van der Waals surface area contributed by atoms with E-state index in [0.29, 0.717) is 6.42 Å². The van der Waals surface area contributed by atoms with Crippen molar-refractivity contribution in [2.75, 3.05) is 26.4 Å². The second kappa shape index (κ2) is 43.3. The van der Waals surface area contributed by atoms with Gasteiger partial charge in [-0.15, -0.1) is 0 Å². The molecule has 0 aromatic heterocycles. The second-order valence-corrected chi connectivity index (χ2v) is 16.4. The molecule has 0 saturated carbocycles. The lowest BCUT2D eigenvalue weighted by Gasteiger charge is -2.15. The summed E-state index contributed by atoms with van der Waals surface area (Å²) >= 11 is 0. The van der Waals surface area contributed by atoms with Gasteiger partial charge in [0, 0.05) is 19.4 Å². The van der Waals surface area contributed by atoms with Gasteiger partial charge in [-0.1, -0.05) is 164 Å². The molecule has 2 atom stereocenters. The first-order valence-corrected chi connectivity index (χ1v) is 24.3. The molecule has 0 radical (unpaired) electrons. The highest BCUT2D eigenvalue weighted by Gasteiger charge is 2.23. The summed E-state index contributed by atoms with van der Waals surface area (Å²) in [5.74, 6) is -0.548. The first-order chi connectivity index (χ1) is 27.8. The molecule has 330 valence electrons. The molecular formula is C47H84NO8P. The fraction of sp³-hybridized carbons (Fsp3) is 0.745. The number of amides is 1. The molecule has 0 aliphatic heterocycles. The molecule has 0 spiro atoms. The third-order valence-corrected chi connectivity index (χ3v) is 10.4. The van der Waals surface area contributed by atoms with Crippen LogP contribution in [-0.2, 0) is 27.9 Å². The molecule has 2 unspecified atom stereocenters. The third-order valence-electron chi connectivity index (χ3n) is 9.43. The summed E-state index contributed by atoms with van der Waals surface area (Å²) in [6.07, 6.45) is 51.6. The van der Waals surface area contributed by atoms with Crippen molar-refractivity contribution >= 4 is 19.7 Å². The van der Waals surface area contributed by atoms with Gasteiger partial charge in [-0.3, -0.25) is 18.6 Å². The standard InChI is InChI=1S/C47H84NO8P/c1-3-5-7-9-11-13-15-17-18-19-20-21-22-23-24-25-26-28-30-32-34-36-38-40-47(51)54-43-45(49)44-56-57(52,53)55-42-41-48-46(50)39-37-35-33-31-29-27-16-14-12-10-8-6-4-2/h6,8,11-14,17-18,27,29,45,49H,3-5,7,9-10,15-16,19-26,28,30-44H2,1-2H3,(H,48,50)(H,52,53)/b8-6-,13-11-,14-12-,18-17-,29-27-. The normalized spacial score (nSPS) is 13.8. The van der Waals surface area contributed by atoms with Gasteiger partial charge in [0.1, 0.15) is 12.7 Å². The Kier molecular flexibility index (Phi) is 41.6. The van der Waals surface area contributed by atoms with Crippen LogP contribution in [0.15, 0.2) is 60.8 Å². The van der Waals surface area contributed by atoms with Crippen LogP contribution in [0.1, 0.15) is 194 Å². The van der Waals surface area contributed by atoms with Gasteiger partial charge in [0.25, 0.3) is 0 Å². The summed E-state index contributed by atoms with van der Waals surface area (Å²) in [5, 5.41) is 12.7. The Morgan fingerprint density at radius 1 is 0.561 bits per heavy atom. The predicted molar refractivity (Wildman–Crippen MR) is 238 cm³/mol. The number of nitrogens with one attached hydrogen (secondary N) is 1. The molecule has 0 aliphatic carbocycles. The average molecular weight is 822 g/mol. The number of phosphoric ester groups is 1. The first kappa shape index (κ1) is 54.7. The molecular weight excluding hydrogens is 737 g/mol. The summed E-state index contributed by atoms with van der Waals surface area (Å²) in [4.78, 5) is 33.9. The maximum absolute atomic E-state index is 12.1. The van der Waals surface area contributed by atoms with E-state index in [-0.39, 0.29) is 32.1 Å². The zero-order valence-corrected chi connectivity index (χ0v) is 37.2. The van der Waals surface area contributed by atoms with E-state index in [2.05, 4.69) is 79.9 Å². The van der Waals surface area contributed by atoms with Crippen molar-refractivity contribution in [2.24, 2.45) is 0 Å². The van der Waals surface area contributed by atoms with Gasteiger partial charge in [0.15, 0.2) is 0 Å². The summed E-state index contributed by atoms with van der Waals surface area (Å²) in [5.41, 5.74) is 0. The SMILES string of the molecule is CC/C=C\C/C=C\C/C=C\CCCCCC(=O)NCCOP(=O)(O)OCC(O)COC(=O)CCCCCCCCCCCCCCC/C=C\C/C=C\CCCCC. The summed E-state index contributed by atoms with van der Waals surface area (Å²) < 4.78 is 26.9. The number of hydrogen-bond donors (Lipinski definition) is 3. The topological polar surface area (TPSA) is 131 Å². The highest BCUT2D eigenvalue weighted by Crippen LogP contribution is 2.42. The van der Waals surface area contributed by atoms with E-state index in [9.17, 15) is 24.2 Å². The van der Waals surface area contributed by atoms with Crippen LogP contribution in [0.3, 0.4) is 0 Å². The molecule has 0 aromatic rings. The van der Waals surface area contributed by atoms with E-state index >= 15 is 0 Å². The number of allylic oxidation sites excluding steroid dienone is 10. The van der Waals surface area contributed by atoms with Crippen molar-refractivity contribution in [3.63, 3.8) is 0 Å². The number of esters is 1. The van der Waals surface area contributed by atoms with E-state index in [1.165, 1.54) is 96.3 Å². The number of hydrogen-bond acceptors (Lipinski definition) is 7. The Balaban J connectivity index is 3.59. The van der Waals surface area contributed by atoms with Gasteiger partial charge >= 0.3 is 13.8 Å². The molecule has 1 amide bonds. The Morgan fingerprint density at radius 3 is 1.53 bits per heavy atom. The van der Waals surface area contributed by atoms with Crippen LogP contribution >= 0.6 is 7.82 Å². The highest BCUT2D eigenvalue weighted by molar-refractivity contribution is 7.47. The molecule has 57 heavy (non-hydrogen) atoms. The van der Waals surface area contributed by atoms with E-state index in [1.54, 1.807) is 0 Å². The average Bonchev–Trinajstić information content (AvgIpc) is 3.20. The molecule has 10 heteroatoms. The zero-order chi connectivity index (χ0) is 41.8. The van der Waals surface area contributed by atoms with Gasteiger partial charge in [-0.05, 0) is 77.0 Å². The number of unbranched alkanes of at least 4 members (excludes halogenated alkanes) is 19. The van der Waals surface area contributed by atoms with Crippen LogP contribution in [0.4, 0.5) is 0 Å². The van der Waals surface area contributed by atoms with Crippen molar-refractivity contribution in [3.8, 4) is 0 Å². The number of aliphatic hydroxyl groups is 1. The van der Waals surface area contributed by atoms with E-state index < -0.39 is 26.5 Å². The number of rotatable bonds is 42. The number of carbonyl (C=O) groups excluding carboxylic acids is 2. The van der Waals surface area contributed by atoms with Crippen molar-refractivity contribution in [3.05, 3.63) is 60.8 Å². The summed E-state index contributed by atoms with van der Waals surface area (Å²) in [7, 11) is -4.43. The van der Waals surface area contributed by atoms with E-state index in [0.717, 1.165) is 70.6 Å². The van der Waals surface area contributed by atoms with Crippen LogP contribution in [0.5, 0.6) is 0 Å². The van der Waals surface area contributed by atoms with Crippen LogP contribution in [-0.4, -0.2) is 54.3 Å². The van der Waals surface area contributed by atoms with Crippen molar-refractivity contribution in [2.45, 2.75) is 200 Å². The second-order valence-electron chi connectivity index (χ2n) is 15.0. The lowest BCUT2D eigenvalue weighted by atomic mass is 10.0. The zero-order valence-electron chi connectivity index (χ0n) is 36.3. The maximum Gasteiger partial charge on any atom is 0.472 e. The maximum atomic E-state index is 12.1. The number of phosphoric acid groups is 1. The van der Waals surface area contributed by atoms with Crippen LogP contribution in [0.2, 0.25) is 0 Å². The minimum Gasteiger partial charge on any atom is -0.463 e. The van der Waals surface area contributed by atoms with E-state index in [1.807, 2.05) is 0 Å². The number of aliphatic hydroxyl groups excluding tert-OH is 1. The lowest BCUT2D eigenvalue weighted by molar-refractivity contribution is -0.147.